The van der Waals surface area contributed by atoms with Crippen LogP contribution in [0.4, 0.5) is 22.0 Å². The van der Waals surface area contributed by atoms with Gasteiger partial charge in [0.1, 0.15) is 28.8 Å². The number of benzene rings is 4. The molecule has 2 aromatic heterocycles. The van der Waals surface area contributed by atoms with Gasteiger partial charge in [0, 0.05) is 47.6 Å². The van der Waals surface area contributed by atoms with E-state index >= 15 is 0 Å². The summed E-state index contributed by atoms with van der Waals surface area (Å²) in [5.41, 5.74) is 4.61. The molecule has 1 unspecified atom stereocenters. The Balaban J connectivity index is 0.000000152. The van der Waals surface area contributed by atoms with Crippen molar-refractivity contribution in [2.24, 2.45) is 0 Å². The zero-order valence-corrected chi connectivity index (χ0v) is 25.7. The third-order valence-corrected chi connectivity index (χ3v) is 8.84. The molecule has 2 N–H and O–H groups in total. The number of hydrogen-bond acceptors (Lipinski definition) is 2. The lowest BCUT2D eigenvalue weighted by Gasteiger charge is -2.17. The van der Waals surface area contributed by atoms with Crippen LogP contribution < -0.4 is 10.6 Å². The Bertz CT molecular complexity index is 2230. The molecule has 0 aliphatic carbocycles. The van der Waals surface area contributed by atoms with Gasteiger partial charge in [0.05, 0.1) is 11.0 Å². The molecule has 2 aliphatic heterocycles. The normalized spacial score (nSPS) is 15.9. The minimum absolute atomic E-state index is 0.0982. The van der Waals surface area contributed by atoms with Crippen molar-refractivity contribution in [3.05, 3.63) is 119 Å². The van der Waals surface area contributed by atoms with Crippen molar-refractivity contribution in [2.45, 2.75) is 32.4 Å². The number of carbonyl (C=O) groups excluding carboxylic acids is 2. The first-order chi connectivity index (χ1) is 23.1. The number of nitrogens with zero attached hydrogens (tertiary/aromatic N) is 2. The third kappa shape index (κ3) is 5.59. The molecule has 0 bridgehead atoms. The number of amides is 2. The molecule has 8 rings (SSSR count). The molecular formula is C37H29F5N4O2. The van der Waals surface area contributed by atoms with Gasteiger partial charge in [-0.1, -0.05) is 18.2 Å². The summed E-state index contributed by atoms with van der Waals surface area (Å²) in [6.07, 6.45) is 1.53. The van der Waals surface area contributed by atoms with Crippen molar-refractivity contribution in [3.8, 4) is 22.3 Å². The van der Waals surface area contributed by atoms with Crippen molar-refractivity contribution in [1.29, 1.82) is 0 Å². The predicted octanol–water partition coefficient (Wildman–Crippen LogP) is 8.14. The Hall–Kier alpha value is -5.45. The number of aromatic nitrogens is 2. The van der Waals surface area contributed by atoms with Gasteiger partial charge in [-0.25, -0.2) is 22.0 Å². The van der Waals surface area contributed by atoms with E-state index in [-0.39, 0.29) is 29.5 Å². The second kappa shape index (κ2) is 12.3. The highest BCUT2D eigenvalue weighted by atomic mass is 19.2. The standard InChI is InChI=1S/C19H16F2N2O.C18H13F3N2O/c1-11-6-7-22-19(24)17-9-13-8-15(21)10-16(18(13)23(11)17)12-2-4-14(20)5-3-12;19-12-6-11-8-16-18(24)22-4-1-5-23(16)17(11)13(9-12)10-2-3-14(20)15(21)7-10/h2-5,8-11H,6-7H2,1H3,(H,22,24);2-3,6-9H,1,4-5H2,(H,22,24). The van der Waals surface area contributed by atoms with E-state index in [2.05, 4.69) is 10.6 Å². The second-order valence-electron chi connectivity index (χ2n) is 12.0. The summed E-state index contributed by atoms with van der Waals surface area (Å²) in [4.78, 5) is 24.5. The Labute approximate surface area is 271 Å². The molecule has 4 heterocycles. The highest BCUT2D eigenvalue weighted by Gasteiger charge is 2.25. The molecule has 1 atom stereocenters. The zero-order valence-electron chi connectivity index (χ0n) is 25.7. The van der Waals surface area contributed by atoms with Crippen LogP contribution in [0.1, 0.15) is 46.8 Å². The number of hydrogen-bond donors (Lipinski definition) is 2. The van der Waals surface area contributed by atoms with Crippen LogP contribution in [-0.2, 0) is 6.54 Å². The maximum Gasteiger partial charge on any atom is 0.267 e. The lowest BCUT2D eigenvalue weighted by Crippen LogP contribution is -2.22. The molecule has 11 heteroatoms. The largest absolute Gasteiger partial charge is 0.351 e. The van der Waals surface area contributed by atoms with Crippen molar-refractivity contribution in [3.63, 3.8) is 0 Å². The maximum absolute atomic E-state index is 14.1. The number of fused-ring (bicyclic) bond motifs is 6. The fraction of sp³-hybridized carbons (Fsp3) is 0.189. The lowest BCUT2D eigenvalue weighted by atomic mass is 10.0. The summed E-state index contributed by atoms with van der Waals surface area (Å²) in [5.74, 6) is -3.54. The number of nitrogens with one attached hydrogen (secondary N) is 2. The second-order valence-corrected chi connectivity index (χ2v) is 12.0. The van der Waals surface area contributed by atoms with E-state index in [0.717, 1.165) is 36.1 Å². The van der Waals surface area contributed by atoms with Crippen LogP contribution in [-0.4, -0.2) is 34.0 Å². The smallest absolute Gasteiger partial charge is 0.267 e. The molecule has 6 aromatic rings. The fourth-order valence-electron chi connectivity index (χ4n) is 6.64. The van der Waals surface area contributed by atoms with Crippen LogP contribution >= 0.6 is 0 Å². The molecule has 244 valence electrons. The van der Waals surface area contributed by atoms with Gasteiger partial charge in [-0.2, -0.15) is 0 Å². The van der Waals surface area contributed by atoms with Gasteiger partial charge in [-0.15, -0.1) is 0 Å². The van der Waals surface area contributed by atoms with Crippen molar-refractivity contribution in [2.75, 3.05) is 13.1 Å². The molecule has 0 radical (unpaired) electrons. The van der Waals surface area contributed by atoms with Gasteiger partial charge in [0.15, 0.2) is 11.6 Å². The third-order valence-electron chi connectivity index (χ3n) is 8.84. The Kier molecular flexibility index (Phi) is 7.98. The van der Waals surface area contributed by atoms with Crippen LogP contribution in [0.5, 0.6) is 0 Å². The van der Waals surface area contributed by atoms with Gasteiger partial charge in [-0.05, 0) is 91.6 Å². The number of carbonyl (C=O) groups is 2. The minimum atomic E-state index is -0.995. The summed E-state index contributed by atoms with van der Waals surface area (Å²) >= 11 is 0. The maximum atomic E-state index is 14.1. The van der Waals surface area contributed by atoms with E-state index < -0.39 is 17.5 Å². The van der Waals surface area contributed by atoms with Gasteiger partial charge in [-0.3, -0.25) is 9.59 Å². The first-order valence-electron chi connectivity index (χ1n) is 15.5. The van der Waals surface area contributed by atoms with E-state index in [0.29, 0.717) is 64.0 Å². The summed E-state index contributed by atoms with van der Waals surface area (Å²) in [6, 6.07) is 18.4. The monoisotopic (exact) mass is 656 g/mol. The summed E-state index contributed by atoms with van der Waals surface area (Å²) in [6.45, 7) is 3.79. The van der Waals surface area contributed by atoms with Gasteiger partial charge in [0.25, 0.3) is 11.8 Å². The Morgan fingerprint density at radius 3 is 1.94 bits per heavy atom. The predicted molar refractivity (Wildman–Crippen MR) is 173 cm³/mol. The summed E-state index contributed by atoms with van der Waals surface area (Å²) < 4.78 is 72.0. The van der Waals surface area contributed by atoms with Crippen LogP contribution in [0.2, 0.25) is 0 Å². The molecule has 2 amide bonds. The topological polar surface area (TPSA) is 68.1 Å². The van der Waals surface area contributed by atoms with Gasteiger partial charge in [0.2, 0.25) is 0 Å². The molecular weight excluding hydrogens is 627 g/mol. The highest BCUT2D eigenvalue weighted by molar-refractivity contribution is 6.04. The molecule has 4 aromatic carbocycles. The van der Waals surface area contributed by atoms with E-state index in [4.69, 9.17) is 0 Å². The number of rotatable bonds is 2. The molecule has 0 spiro atoms. The van der Waals surface area contributed by atoms with Crippen LogP contribution in [0.3, 0.4) is 0 Å². The van der Waals surface area contributed by atoms with Crippen LogP contribution in [0, 0.1) is 29.1 Å². The fourth-order valence-corrected chi connectivity index (χ4v) is 6.64. The van der Waals surface area contributed by atoms with Crippen molar-refractivity contribution < 1.29 is 31.5 Å². The zero-order chi connectivity index (χ0) is 33.7. The lowest BCUT2D eigenvalue weighted by molar-refractivity contribution is 0.0943. The first kappa shape index (κ1) is 31.2. The van der Waals surface area contributed by atoms with E-state index in [1.165, 1.54) is 42.5 Å². The summed E-state index contributed by atoms with van der Waals surface area (Å²) in [5, 5.41) is 6.89. The first-order valence-corrected chi connectivity index (χ1v) is 15.5. The van der Waals surface area contributed by atoms with E-state index in [9.17, 15) is 31.5 Å². The average Bonchev–Trinajstić information content (AvgIpc) is 3.52. The van der Waals surface area contributed by atoms with Crippen LogP contribution in [0.25, 0.3) is 44.1 Å². The van der Waals surface area contributed by atoms with E-state index in [1.54, 1.807) is 24.3 Å². The molecule has 0 saturated heterocycles. The van der Waals surface area contributed by atoms with Crippen LogP contribution in [0.15, 0.2) is 78.9 Å². The van der Waals surface area contributed by atoms with E-state index in [1.807, 2.05) is 16.1 Å². The molecule has 6 nitrogen and oxygen atoms in total. The number of aryl methyl sites for hydroxylation is 1. The summed E-state index contributed by atoms with van der Waals surface area (Å²) in [7, 11) is 0. The molecule has 0 saturated carbocycles. The minimum Gasteiger partial charge on any atom is -0.351 e. The molecule has 2 aliphatic rings. The Morgan fingerprint density at radius 1 is 0.625 bits per heavy atom. The van der Waals surface area contributed by atoms with Crippen molar-refractivity contribution in [1.82, 2.24) is 19.8 Å². The highest BCUT2D eigenvalue weighted by Crippen LogP contribution is 2.36. The average molecular weight is 657 g/mol. The van der Waals surface area contributed by atoms with Gasteiger partial charge < -0.3 is 19.8 Å². The molecule has 48 heavy (non-hydrogen) atoms. The van der Waals surface area contributed by atoms with Gasteiger partial charge >= 0.3 is 0 Å². The SMILES string of the molecule is CC1CCNC(=O)c2cc3cc(F)cc(-c4ccc(F)cc4)c3n21.O=C1NCCCn2c1cc1cc(F)cc(-c3ccc(F)c(F)c3)c12. The van der Waals surface area contributed by atoms with Crippen molar-refractivity contribution >= 4 is 33.6 Å². The Morgan fingerprint density at radius 2 is 1.23 bits per heavy atom. The molecule has 0 fully saturated rings. The number of halogens is 5. The quantitative estimate of drug-likeness (QED) is 0.185.